The molecule has 4 heterocycles. The van der Waals surface area contributed by atoms with E-state index in [9.17, 15) is 4.79 Å². The number of hydrogen-bond acceptors (Lipinski definition) is 4. The van der Waals surface area contributed by atoms with Gasteiger partial charge in [0.2, 0.25) is 5.91 Å². The average Bonchev–Trinajstić information content (AvgIpc) is 2.97. The highest BCUT2D eigenvalue weighted by Gasteiger charge is 2.26. The number of amides is 1. The van der Waals surface area contributed by atoms with Crippen molar-refractivity contribution in [3.8, 4) is 0 Å². The van der Waals surface area contributed by atoms with E-state index in [0.717, 1.165) is 54.5 Å². The fraction of sp³-hybridized carbons (Fsp3) is 0.400. The second-order valence-corrected chi connectivity index (χ2v) is 6.96. The minimum atomic E-state index is 0.161. The lowest BCUT2D eigenvalue weighted by molar-refractivity contribution is -0.131. The molecule has 1 unspecified atom stereocenters. The number of pyridine rings is 1. The van der Waals surface area contributed by atoms with Gasteiger partial charge in [-0.1, -0.05) is 6.07 Å². The second-order valence-electron chi connectivity index (χ2n) is 6.96. The van der Waals surface area contributed by atoms with Gasteiger partial charge in [0.1, 0.15) is 11.5 Å². The normalized spacial score (nSPS) is 17.6. The van der Waals surface area contributed by atoms with E-state index in [4.69, 9.17) is 0 Å². The highest BCUT2D eigenvalue weighted by Crippen LogP contribution is 2.26. The molecule has 3 aromatic heterocycles. The molecule has 1 aliphatic heterocycles. The number of aromatic nitrogens is 4. The van der Waals surface area contributed by atoms with E-state index in [2.05, 4.69) is 15.0 Å². The summed E-state index contributed by atoms with van der Waals surface area (Å²) in [4.78, 5) is 28.2. The fourth-order valence-electron chi connectivity index (χ4n) is 3.78. The first-order valence-corrected chi connectivity index (χ1v) is 9.11. The van der Waals surface area contributed by atoms with E-state index < -0.39 is 0 Å². The third kappa shape index (κ3) is 3.19. The first-order chi connectivity index (χ1) is 12.6. The van der Waals surface area contributed by atoms with Gasteiger partial charge in [0.25, 0.3) is 0 Å². The van der Waals surface area contributed by atoms with E-state index >= 15 is 0 Å². The smallest absolute Gasteiger partial charge is 0.228 e. The summed E-state index contributed by atoms with van der Waals surface area (Å²) in [6.45, 7) is 5.42. The summed E-state index contributed by atoms with van der Waals surface area (Å²) in [5.41, 5.74) is 3.83. The molecule has 1 saturated heterocycles. The molecule has 6 heteroatoms. The number of likely N-dealkylation sites (tertiary alicyclic amines) is 1. The summed E-state index contributed by atoms with van der Waals surface area (Å²) in [6, 6.07) is 7.87. The molecule has 4 rings (SSSR count). The first-order valence-electron chi connectivity index (χ1n) is 9.11. The Morgan fingerprint density at radius 3 is 2.96 bits per heavy atom. The van der Waals surface area contributed by atoms with Crippen LogP contribution in [0.25, 0.3) is 5.65 Å². The van der Waals surface area contributed by atoms with E-state index in [-0.39, 0.29) is 11.8 Å². The number of imidazole rings is 1. The van der Waals surface area contributed by atoms with Gasteiger partial charge in [-0.3, -0.25) is 4.79 Å². The molecule has 1 atom stereocenters. The number of aryl methyl sites for hydroxylation is 2. The predicted molar refractivity (Wildman–Crippen MR) is 99.0 cm³/mol. The summed E-state index contributed by atoms with van der Waals surface area (Å²) < 4.78 is 2.02. The van der Waals surface area contributed by atoms with Crippen molar-refractivity contribution in [1.29, 1.82) is 0 Å². The van der Waals surface area contributed by atoms with Crippen molar-refractivity contribution in [2.75, 3.05) is 13.1 Å². The van der Waals surface area contributed by atoms with Crippen molar-refractivity contribution < 1.29 is 4.79 Å². The quantitative estimate of drug-likeness (QED) is 0.729. The van der Waals surface area contributed by atoms with Crippen LogP contribution in [0.2, 0.25) is 0 Å². The summed E-state index contributed by atoms with van der Waals surface area (Å²) in [7, 11) is 0. The molecule has 0 bridgehead atoms. The Balaban J connectivity index is 1.51. The number of carbonyl (C=O) groups is 1. The molecule has 1 amide bonds. The Morgan fingerprint density at radius 1 is 1.23 bits per heavy atom. The SMILES string of the molecule is Cc1nccc(C2CCCN(C(=O)Cc3c(C)nc4ccccn34)C2)n1. The van der Waals surface area contributed by atoms with Gasteiger partial charge in [-0.15, -0.1) is 0 Å². The third-order valence-electron chi connectivity index (χ3n) is 5.14. The predicted octanol–water partition coefficient (Wildman–Crippen LogP) is 2.69. The molecule has 0 spiro atoms. The number of hydrogen-bond donors (Lipinski definition) is 0. The van der Waals surface area contributed by atoms with Crippen LogP contribution in [-0.2, 0) is 11.2 Å². The molecule has 0 aromatic carbocycles. The maximum absolute atomic E-state index is 13.0. The van der Waals surface area contributed by atoms with Gasteiger partial charge in [-0.05, 0) is 44.9 Å². The van der Waals surface area contributed by atoms with Crippen LogP contribution in [0.15, 0.2) is 36.7 Å². The van der Waals surface area contributed by atoms with E-state index in [0.29, 0.717) is 6.42 Å². The molecule has 134 valence electrons. The molecule has 0 radical (unpaired) electrons. The van der Waals surface area contributed by atoms with E-state index in [1.807, 2.05) is 53.6 Å². The number of fused-ring (bicyclic) bond motifs is 1. The van der Waals surface area contributed by atoms with Crippen molar-refractivity contribution >= 4 is 11.6 Å². The van der Waals surface area contributed by atoms with E-state index in [1.54, 1.807) is 6.20 Å². The monoisotopic (exact) mass is 349 g/mol. The maximum atomic E-state index is 13.0. The lowest BCUT2D eigenvalue weighted by atomic mass is 9.94. The van der Waals surface area contributed by atoms with Crippen LogP contribution in [0.5, 0.6) is 0 Å². The van der Waals surface area contributed by atoms with Crippen molar-refractivity contribution in [1.82, 2.24) is 24.3 Å². The van der Waals surface area contributed by atoms with Crippen LogP contribution in [0.3, 0.4) is 0 Å². The largest absolute Gasteiger partial charge is 0.342 e. The fourth-order valence-corrected chi connectivity index (χ4v) is 3.78. The molecular weight excluding hydrogens is 326 g/mol. The van der Waals surface area contributed by atoms with Gasteiger partial charge in [-0.2, -0.15) is 0 Å². The van der Waals surface area contributed by atoms with E-state index in [1.165, 1.54) is 0 Å². The number of piperidine rings is 1. The van der Waals surface area contributed by atoms with Crippen molar-refractivity contribution in [2.45, 2.75) is 39.0 Å². The minimum Gasteiger partial charge on any atom is -0.342 e. The van der Waals surface area contributed by atoms with Crippen LogP contribution in [0.1, 0.15) is 41.7 Å². The summed E-state index contributed by atoms with van der Waals surface area (Å²) >= 11 is 0. The Hall–Kier alpha value is -2.76. The summed E-state index contributed by atoms with van der Waals surface area (Å²) in [5, 5.41) is 0. The highest BCUT2D eigenvalue weighted by atomic mass is 16.2. The van der Waals surface area contributed by atoms with Crippen LogP contribution < -0.4 is 0 Å². The van der Waals surface area contributed by atoms with Crippen LogP contribution >= 0.6 is 0 Å². The molecule has 0 N–H and O–H groups in total. The van der Waals surface area contributed by atoms with Crippen molar-refractivity contribution in [3.05, 3.63) is 59.6 Å². The molecule has 1 fully saturated rings. The topological polar surface area (TPSA) is 63.4 Å². The van der Waals surface area contributed by atoms with Crippen LogP contribution in [-0.4, -0.2) is 43.2 Å². The van der Waals surface area contributed by atoms with Crippen LogP contribution in [0, 0.1) is 13.8 Å². The first kappa shape index (κ1) is 16.7. The Bertz CT molecular complexity index is 948. The summed E-state index contributed by atoms with van der Waals surface area (Å²) in [6.07, 6.45) is 6.23. The molecule has 0 aliphatic carbocycles. The molecular formula is C20H23N5O. The highest BCUT2D eigenvalue weighted by molar-refractivity contribution is 5.79. The number of carbonyl (C=O) groups excluding carboxylic acids is 1. The Kier molecular flexibility index (Phi) is 4.41. The average molecular weight is 349 g/mol. The van der Waals surface area contributed by atoms with Gasteiger partial charge in [-0.25, -0.2) is 15.0 Å². The molecule has 6 nitrogen and oxygen atoms in total. The van der Waals surface area contributed by atoms with Gasteiger partial charge in [0, 0.05) is 37.1 Å². The van der Waals surface area contributed by atoms with Crippen molar-refractivity contribution in [3.63, 3.8) is 0 Å². The molecule has 3 aromatic rings. The summed E-state index contributed by atoms with van der Waals surface area (Å²) in [5.74, 6) is 1.24. The van der Waals surface area contributed by atoms with Crippen LogP contribution in [0.4, 0.5) is 0 Å². The van der Waals surface area contributed by atoms with Gasteiger partial charge in [0.15, 0.2) is 0 Å². The van der Waals surface area contributed by atoms with Gasteiger partial charge in [0.05, 0.1) is 17.8 Å². The Labute approximate surface area is 152 Å². The number of nitrogens with zero attached hydrogens (tertiary/aromatic N) is 5. The molecule has 26 heavy (non-hydrogen) atoms. The third-order valence-corrected chi connectivity index (χ3v) is 5.14. The zero-order valence-electron chi connectivity index (χ0n) is 15.2. The lowest BCUT2D eigenvalue weighted by Crippen LogP contribution is -2.40. The molecule has 0 saturated carbocycles. The standard InChI is InChI=1S/C20H23N5O/c1-14-18(25-11-4-3-7-19(25)22-14)12-20(26)24-10-5-6-16(13-24)17-8-9-21-15(2)23-17/h3-4,7-9,11,16H,5-6,10,12-13H2,1-2H3. The maximum Gasteiger partial charge on any atom is 0.228 e. The zero-order valence-corrected chi connectivity index (χ0v) is 15.2. The molecule has 1 aliphatic rings. The lowest BCUT2D eigenvalue weighted by Gasteiger charge is -2.32. The Morgan fingerprint density at radius 2 is 2.12 bits per heavy atom. The van der Waals surface area contributed by atoms with Crippen molar-refractivity contribution in [2.24, 2.45) is 0 Å². The van der Waals surface area contributed by atoms with Gasteiger partial charge >= 0.3 is 0 Å². The number of rotatable bonds is 3. The second kappa shape index (κ2) is 6.86. The zero-order chi connectivity index (χ0) is 18.1. The minimum absolute atomic E-state index is 0.161. The van der Waals surface area contributed by atoms with Gasteiger partial charge < -0.3 is 9.30 Å².